The molecule has 1 heterocycles. The van der Waals surface area contributed by atoms with Crippen LogP contribution in [0.2, 0.25) is 0 Å². The number of hydrogen-bond acceptors (Lipinski definition) is 3. The SMILES string of the molecule is CCN(C)C(=O)N1C(C(=O)O)CSC1C(C)C. The second-order valence-corrected chi connectivity index (χ2v) is 5.68. The van der Waals surface area contributed by atoms with Crippen LogP contribution in [0, 0.1) is 5.92 Å². The fraction of sp³-hybridized carbons (Fsp3) is 0.818. The molecule has 0 spiro atoms. The molecule has 1 aliphatic heterocycles. The summed E-state index contributed by atoms with van der Waals surface area (Å²) in [6.45, 7) is 6.47. The standard InChI is InChI=1S/C11H20N2O3S/c1-5-12(4)11(16)13-8(10(14)15)6-17-9(13)7(2)3/h7-9H,5-6H2,1-4H3,(H,14,15). The van der Waals surface area contributed by atoms with Crippen molar-refractivity contribution < 1.29 is 14.7 Å². The first-order chi connectivity index (χ1) is 7.90. The Kier molecular flexibility index (Phi) is 4.68. The van der Waals surface area contributed by atoms with Crippen LogP contribution >= 0.6 is 11.8 Å². The summed E-state index contributed by atoms with van der Waals surface area (Å²) in [5.74, 6) is -0.196. The Morgan fingerprint density at radius 1 is 1.53 bits per heavy atom. The number of carboxylic acids is 1. The molecular formula is C11H20N2O3S. The maximum Gasteiger partial charge on any atom is 0.327 e. The van der Waals surface area contributed by atoms with E-state index in [0.29, 0.717) is 12.3 Å². The number of amides is 2. The summed E-state index contributed by atoms with van der Waals surface area (Å²) in [4.78, 5) is 26.4. The fourth-order valence-corrected chi connectivity index (χ4v) is 3.27. The Balaban J connectivity index is 2.93. The number of nitrogens with zero attached hydrogens (tertiary/aromatic N) is 2. The van der Waals surface area contributed by atoms with Gasteiger partial charge in [-0.3, -0.25) is 4.90 Å². The molecular weight excluding hydrogens is 240 g/mol. The molecule has 0 saturated carbocycles. The average molecular weight is 260 g/mol. The van der Waals surface area contributed by atoms with E-state index in [1.54, 1.807) is 23.7 Å². The van der Waals surface area contributed by atoms with Gasteiger partial charge in [-0.05, 0) is 12.8 Å². The van der Waals surface area contributed by atoms with Crippen LogP contribution in [0.4, 0.5) is 4.79 Å². The molecule has 98 valence electrons. The number of carboxylic acid groups (broad SMARTS) is 1. The predicted octanol–water partition coefficient (Wildman–Crippen LogP) is 1.54. The van der Waals surface area contributed by atoms with Gasteiger partial charge in [0.2, 0.25) is 0 Å². The molecule has 0 aliphatic carbocycles. The Labute approximate surface area is 106 Å². The Bertz CT molecular complexity index is 309. The van der Waals surface area contributed by atoms with E-state index in [1.165, 1.54) is 4.90 Å². The topological polar surface area (TPSA) is 60.9 Å². The van der Waals surface area contributed by atoms with Crippen molar-refractivity contribution in [1.82, 2.24) is 9.80 Å². The third-order valence-electron chi connectivity index (χ3n) is 2.91. The molecule has 5 nitrogen and oxygen atoms in total. The molecule has 1 N–H and O–H groups in total. The highest BCUT2D eigenvalue weighted by atomic mass is 32.2. The number of urea groups is 1. The van der Waals surface area contributed by atoms with Crippen LogP contribution in [-0.4, -0.2) is 57.7 Å². The van der Waals surface area contributed by atoms with E-state index in [1.807, 2.05) is 20.8 Å². The van der Waals surface area contributed by atoms with Gasteiger partial charge in [-0.2, -0.15) is 0 Å². The number of thioether (sulfide) groups is 1. The number of rotatable bonds is 3. The van der Waals surface area contributed by atoms with Crippen molar-refractivity contribution in [3.05, 3.63) is 0 Å². The van der Waals surface area contributed by atoms with Crippen molar-refractivity contribution in [2.45, 2.75) is 32.2 Å². The highest BCUT2D eigenvalue weighted by molar-refractivity contribution is 8.00. The minimum Gasteiger partial charge on any atom is -0.480 e. The number of aliphatic carboxylic acids is 1. The molecule has 0 aromatic carbocycles. The van der Waals surface area contributed by atoms with Crippen LogP contribution in [0.25, 0.3) is 0 Å². The molecule has 0 aromatic rings. The zero-order valence-electron chi connectivity index (χ0n) is 10.7. The van der Waals surface area contributed by atoms with Gasteiger partial charge in [0.15, 0.2) is 0 Å². The van der Waals surface area contributed by atoms with Gasteiger partial charge >= 0.3 is 12.0 Å². The summed E-state index contributed by atoms with van der Waals surface area (Å²) >= 11 is 1.55. The largest absolute Gasteiger partial charge is 0.480 e. The second-order valence-electron chi connectivity index (χ2n) is 4.53. The minimum absolute atomic E-state index is 0.0439. The molecule has 0 aromatic heterocycles. The lowest BCUT2D eigenvalue weighted by Crippen LogP contribution is -2.51. The normalized spacial score (nSPS) is 24.2. The summed E-state index contributed by atoms with van der Waals surface area (Å²) in [7, 11) is 1.70. The first-order valence-electron chi connectivity index (χ1n) is 5.78. The maximum atomic E-state index is 12.2. The first kappa shape index (κ1) is 14.2. The molecule has 17 heavy (non-hydrogen) atoms. The van der Waals surface area contributed by atoms with Crippen molar-refractivity contribution in [1.29, 1.82) is 0 Å². The lowest BCUT2D eigenvalue weighted by Gasteiger charge is -2.32. The first-order valence-corrected chi connectivity index (χ1v) is 6.82. The summed E-state index contributed by atoms with van der Waals surface area (Å²) in [5.41, 5.74) is 0. The van der Waals surface area contributed by atoms with Crippen LogP contribution in [0.5, 0.6) is 0 Å². The maximum absolute atomic E-state index is 12.2. The van der Waals surface area contributed by atoms with E-state index in [0.717, 1.165) is 0 Å². The number of hydrogen-bond donors (Lipinski definition) is 1. The highest BCUT2D eigenvalue weighted by Gasteiger charge is 2.43. The van der Waals surface area contributed by atoms with E-state index in [4.69, 9.17) is 5.11 Å². The molecule has 1 rings (SSSR count). The van der Waals surface area contributed by atoms with Crippen molar-refractivity contribution in [3.8, 4) is 0 Å². The van der Waals surface area contributed by atoms with Crippen molar-refractivity contribution in [2.24, 2.45) is 5.92 Å². The van der Waals surface area contributed by atoms with Gasteiger partial charge in [0.25, 0.3) is 0 Å². The monoisotopic (exact) mass is 260 g/mol. The van der Waals surface area contributed by atoms with Crippen LogP contribution < -0.4 is 0 Å². The van der Waals surface area contributed by atoms with Crippen LogP contribution in [0.15, 0.2) is 0 Å². The van der Waals surface area contributed by atoms with Gasteiger partial charge in [0, 0.05) is 19.3 Å². The molecule has 1 saturated heterocycles. The van der Waals surface area contributed by atoms with Crippen LogP contribution in [0.1, 0.15) is 20.8 Å². The van der Waals surface area contributed by atoms with Gasteiger partial charge in [-0.25, -0.2) is 9.59 Å². The molecule has 2 atom stereocenters. The molecule has 6 heteroatoms. The second kappa shape index (κ2) is 5.62. The van der Waals surface area contributed by atoms with Crippen LogP contribution in [0.3, 0.4) is 0 Å². The minimum atomic E-state index is -0.918. The third kappa shape index (κ3) is 2.86. The van der Waals surface area contributed by atoms with Crippen molar-refractivity contribution in [3.63, 3.8) is 0 Å². The quantitative estimate of drug-likeness (QED) is 0.836. The van der Waals surface area contributed by atoms with Gasteiger partial charge < -0.3 is 10.0 Å². The van der Waals surface area contributed by atoms with E-state index in [9.17, 15) is 9.59 Å². The van der Waals surface area contributed by atoms with E-state index in [-0.39, 0.29) is 17.3 Å². The summed E-state index contributed by atoms with van der Waals surface area (Å²) in [6.07, 6.45) is 0. The van der Waals surface area contributed by atoms with E-state index < -0.39 is 12.0 Å². The summed E-state index contributed by atoms with van der Waals surface area (Å²) in [6, 6.07) is -0.891. The fourth-order valence-electron chi connectivity index (χ4n) is 1.81. The molecule has 0 radical (unpaired) electrons. The van der Waals surface area contributed by atoms with Gasteiger partial charge in [-0.15, -0.1) is 11.8 Å². The number of carbonyl (C=O) groups is 2. The molecule has 1 fully saturated rings. The molecule has 0 bridgehead atoms. The summed E-state index contributed by atoms with van der Waals surface area (Å²) in [5, 5.41) is 9.12. The zero-order chi connectivity index (χ0) is 13.2. The van der Waals surface area contributed by atoms with Gasteiger partial charge in [-0.1, -0.05) is 13.8 Å². The lowest BCUT2D eigenvalue weighted by atomic mass is 10.1. The van der Waals surface area contributed by atoms with Crippen molar-refractivity contribution >= 4 is 23.8 Å². The zero-order valence-corrected chi connectivity index (χ0v) is 11.5. The predicted molar refractivity (Wildman–Crippen MR) is 68.0 cm³/mol. The Hall–Kier alpha value is -0.910. The van der Waals surface area contributed by atoms with Crippen LogP contribution in [-0.2, 0) is 4.79 Å². The Morgan fingerprint density at radius 2 is 2.12 bits per heavy atom. The molecule has 1 aliphatic rings. The van der Waals surface area contributed by atoms with E-state index >= 15 is 0 Å². The van der Waals surface area contributed by atoms with Gasteiger partial charge in [0.1, 0.15) is 6.04 Å². The summed E-state index contributed by atoms with van der Waals surface area (Å²) < 4.78 is 0. The number of carbonyl (C=O) groups excluding carboxylic acids is 1. The molecule has 2 amide bonds. The third-order valence-corrected chi connectivity index (χ3v) is 4.53. The lowest BCUT2D eigenvalue weighted by molar-refractivity contribution is -0.141. The highest BCUT2D eigenvalue weighted by Crippen LogP contribution is 2.34. The van der Waals surface area contributed by atoms with E-state index in [2.05, 4.69) is 0 Å². The Morgan fingerprint density at radius 3 is 2.53 bits per heavy atom. The van der Waals surface area contributed by atoms with Gasteiger partial charge in [0.05, 0.1) is 5.37 Å². The average Bonchev–Trinajstić information content (AvgIpc) is 2.71. The van der Waals surface area contributed by atoms with Crippen molar-refractivity contribution in [2.75, 3.05) is 19.3 Å². The smallest absolute Gasteiger partial charge is 0.327 e. The molecule has 2 unspecified atom stereocenters.